The first-order valence-electron chi connectivity index (χ1n) is 7.49. The summed E-state index contributed by atoms with van der Waals surface area (Å²) in [7, 11) is 1.60. The van der Waals surface area contributed by atoms with Crippen molar-refractivity contribution < 1.29 is 14.7 Å². The molecular formula is C14H25N3O3. The fourth-order valence-corrected chi connectivity index (χ4v) is 3.05. The second-order valence-corrected chi connectivity index (χ2v) is 5.99. The van der Waals surface area contributed by atoms with E-state index in [1.165, 1.54) is 4.90 Å². The average molecular weight is 283 g/mol. The first-order valence-corrected chi connectivity index (χ1v) is 7.49. The molecule has 1 heterocycles. The normalized spacial score (nSPS) is 22.4. The lowest BCUT2D eigenvalue weighted by Gasteiger charge is -2.29. The highest BCUT2D eigenvalue weighted by atomic mass is 16.3. The van der Waals surface area contributed by atoms with E-state index < -0.39 is 17.4 Å². The van der Waals surface area contributed by atoms with Crippen LogP contribution in [0.5, 0.6) is 0 Å². The van der Waals surface area contributed by atoms with Crippen LogP contribution in [0.2, 0.25) is 0 Å². The molecule has 0 aromatic heterocycles. The van der Waals surface area contributed by atoms with Gasteiger partial charge >= 0.3 is 11.8 Å². The summed E-state index contributed by atoms with van der Waals surface area (Å²) in [5.74, 6) is -0.954. The Morgan fingerprint density at radius 3 is 2.60 bits per heavy atom. The van der Waals surface area contributed by atoms with E-state index in [4.69, 9.17) is 0 Å². The van der Waals surface area contributed by atoms with E-state index >= 15 is 0 Å². The maximum atomic E-state index is 12.2. The van der Waals surface area contributed by atoms with Gasteiger partial charge in [-0.2, -0.15) is 0 Å². The van der Waals surface area contributed by atoms with Gasteiger partial charge in [-0.15, -0.1) is 0 Å². The highest BCUT2D eigenvalue weighted by molar-refractivity contribution is 6.34. The Balaban J connectivity index is 1.90. The lowest BCUT2D eigenvalue weighted by atomic mass is 10.0. The van der Waals surface area contributed by atoms with Crippen LogP contribution >= 0.6 is 0 Å². The molecule has 2 N–H and O–H groups in total. The Morgan fingerprint density at radius 1 is 1.20 bits per heavy atom. The van der Waals surface area contributed by atoms with Crippen LogP contribution in [0.15, 0.2) is 0 Å². The van der Waals surface area contributed by atoms with Crippen molar-refractivity contribution in [3.8, 4) is 0 Å². The van der Waals surface area contributed by atoms with Gasteiger partial charge in [0, 0.05) is 33.2 Å². The van der Waals surface area contributed by atoms with Crippen LogP contribution in [0.4, 0.5) is 0 Å². The Bertz CT molecular complexity index is 359. The van der Waals surface area contributed by atoms with Crippen LogP contribution in [0.25, 0.3) is 0 Å². The average Bonchev–Trinajstić information content (AvgIpc) is 2.69. The number of carbonyl (C=O) groups is 2. The number of rotatable bonds is 2. The first-order chi connectivity index (χ1) is 9.52. The zero-order valence-corrected chi connectivity index (χ0v) is 12.2. The molecule has 0 aromatic rings. The van der Waals surface area contributed by atoms with Crippen molar-refractivity contribution in [1.29, 1.82) is 0 Å². The monoisotopic (exact) mass is 283 g/mol. The van der Waals surface area contributed by atoms with Gasteiger partial charge in [0.25, 0.3) is 0 Å². The van der Waals surface area contributed by atoms with Gasteiger partial charge in [0.05, 0.1) is 5.60 Å². The molecule has 0 unspecified atom stereocenters. The second kappa shape index (κ2) is 6.54. The van der Waals surface area contributed by atoms with Crippen LogP contribution in [0.3, 0.4) is 0 Å². The van der Waals surface area contributed by atoms with Gasteiger partial charge in [0.15, 0.2) is 0 Å². The molecule has 2 aliphatic rings. The number of amides is 2. The quantitative estimate of drug-likeness (QED) is 0.675. The van der Waals surface area contributed by atoms with Crippen molar-refractivity contribution in [2.24, 2.45) is 0 Å². The highest BCUT2D eigenvalue weighted by Crippen LogP contribution is 2.29. The Labute approximate surface area is 120 Å². The molecule has 1 saturated carbocycles. The van der Waals surface area contributed by atoms with Crippen LogP contribution in [0.1, 0.15) is 32.1 Å². The van der Waals surface area contributed by atoms with E-state index in [1.54, 1.807) is 11.9 Å². The lowest BCUT2D eigenvalue weighted by molar-refractivity contribution is -0.152. The van der Waals surface area contributed by atoms with Crippen molar-refractivity contribution in [1.82, 2.24) is 15.1 Å². The number of aliphatic hydroxyl groups is 1. The Morgan fingerprint density at radius 2 is 1.90 bits per heavy atom. The molecule has 6 nitrogen and oxygen atoms in total. The summed E-state index contributed by atoms with van der Waals surface area (Å²) in [6.45, 7) is 3.06. The largest absolute Gasteiger partial charge is 0.388 e. The van der Waals surface area contributed by atoms with Gasteiger partial charge in [0.1, 0.15) is 0 Å². The summed E-state index contributed by atoms with van der Waals surface area (Å²) < 4.78 is 0. The number of nitrogens with zero attached hydrogens (tertiary/aromatic N) is 2. The van der Waals surface area contributed by atoms with Crippen molar-refractivity contribution >= 4 is 11.8 Å². The molecule has 2 fully saturated rings. The van der Waals surface area contributed by atoms with Crippen LogP contribution in [0, 0.1) is 0 Å². The van der Waals surface area contributed by atoms with Gasteiger partial charge in [-0.3, -0.25) is 9.59 Å². The van der Waals surface area contributed by atoms with Crippen LogP contribution in [-0.4, -0.2) is 72.1 Å². The third-order valence-electron chi connectivity index (χ3n) is 4.22. The van der Waals surface area contributed by atoms with Crippen LogP contribution < -0.4 is 5.32 Å². The predicted molar refractivity (Wildman–Crippen MR) is 75.1 cm³/mol. The molecule has 2 amide bonds. The first kappa shape index (κ1) is 15.3. The van der Waals surface area contributed by atoms with E-state index in [-0.39, 0.29) is 6.54 Å². The zero-order valence-electron chi connectivity index (χ0n) is 12.2. The molecule has 2 rings (SSSR count). The Hall–Kier alpha value is -1.14. The van der Waals surface area contributed by atoms with Crippen molar-refractivity contribution in [2.75, 3.05) is 39.8 Å². The summed E-state index contributed by atoms with van der Waals surface area (Å²) in [4.78, 5) is 27.4. The Kier molecular flexibility index (Phi) is 4.99. The van der Waals surface area contributed by atoms with Gasteiger partial charge in [0.2, 0.25) is 0 Å². The fourth-order valence-electron chi connectivity index (χ4n) is 3.05. The van der Waals surface area contributed by atoms with Gasteiger partial charge < -0.3 is 20.2 Å². The molecule has 0 atom stereocenters. The molecule has 0 spiro atoms. The van der Waals surface area contributed by atoms with Gasteiger partial charge in [-0.1, -0.05) is 12.8 Å². The third kappa shape index (κ3) is 3.70. The van der Waals surface area contributed by atoms with Crippen molar-refractivity contribution in [3.63, 3.8) is 0 Å². The molecule has 20 heavy (non-hydrogen) atoms. The fraction of sp³-hybridized carbons (Fsp3) is 0.857. The van der Waals surface area contributed by atoms with E-state index in [1.807, 2.05) is 0 Å². The molecule has 0 bridgehead atoms. The minimum atomic E-state index is -0.801. The number of nitrogens with one attached hydrogen (secondary N) is 1. The standard InChI is InChI=1S/C14H25N3O3/c1-16(11-14(20)5-2-3-6-14)12(18)13(19)17-9-4-7-15-8-10-17/h15,20H,2-11H2,1H3. The molecule has 1 aliphatic carbocycles. The maximum absolute atomic E-state index is 12.2. The minimum Gasteiger partial charge on any atom is -0.388 e. The van der Waals surface area contributed by atoms with Crippen molar-refractivity contribution in [3.05, 3.63) is 0 Å². The van der Waals surface area contributed by atoms with Crippen LogP contribution in [-0.2, 0) is 9.59 Å². The predicted octanol–water partition coefficient (Wildman–Crippen LogP) is -0.428. The number of carbonyl (C=O) groups excluding carboxylic acids is 2. The SMILES string of the molecule is CN(CC1(O)CCCC1)C(=O)C(=O)N1CCCNCC1. The summed E-state index contributed by atoms with van der Waals surface area (Å²) >= 11 is 0. The smallest absolute Gasteiger partial charge is 0.312 e. The molecule has 0 aromatic carbocycles. The second-order valence-electron chi connectivity index (χ2n) is 5.99. The molecular weight excluding hydrogens is 258 g/mol. The molecule has 0 radical (unpaired) electrons. The van der Waals surface area contributed by atoms with E-state index in [0.29, 0.717) is 25.9 Å². The van der Waals surface area contributed by atoms with Gasteiger partial charge in [-0.05, 0) is 25.8 Å². The highest BCUT2D eigenvalue weighted by Gasteiger charge is 2.35. The molecule has 1 saturated heterocycles. The maximum Gasteiger partial charge on any atom is 0.312 e. The summed E-state index contributed by atoms with van der Waals surface area (Å²) in [6.07, 6.45) is 4.28. The lowest BCUT2D eigenvalue weighted by Crippen LogP contribution is -2.49. The number of hydrogen-bond donors (Lipinski definition) is 2. The van der Waals surface area contributed by atoms with E-state index in [9.17, 15) is 14.7 Å². The van der Waals surface area contributed by atoms with E-state index in [2.05, 4.69) is 5.32 Å². The number of likely N-dealkylation sites (N-methyl/N-ethyl adjacent to an activating group) is 1. The minimum absolute atomic E-state index is 0.254. The summed E-state index contributed by atoms with van der Waals surface area (Å²) in [6, 6.07) is 0. The van der Waals surface area contributed by atoms with Crippen molar-refractivity contribution in [2.45, 2.75) is 37.7 Å². The molecule has 114 valence electrons. The van der Waals surface area contributed by atoms with E-state index in [0.717, 1.165) is 32.4 Å². The number of hydrogen-bond acceptors (Lipinski definition) is 4. The molecule has 6 heteroatoms. The van der Waals surface area contributed by atoms with Gasteiger partial charge in [-0.25, -0.2) is 0 Å². The zero-order chi connectivity index (χ0) is 14.6. The third-order valence-corrected chi connectivity index (χ3v) is 4.22. The topological polar surface area (TPSA) is 72.9 Å². The summed E-state index contributed by atoms with van der Waals surface area (Å²) in [5, 5.41) is 13.5. The molecule has 1 aliphatic heterocycles. The summed E-state index contributed by atoms with van der Waals surface area (Å²) in [5.41, 5.74) is -0.801.